The average Bonchev–Trinajstić information content (AvgIpc) is 2.81. The van der Waals surface area contributed by atoms with Crippen molar-refractivity contribution in [1.29, 1.82) is 0 Å². The Labute approximate surface area is 201 Å². The minimum atomic E-state index is -0.592. The molecule has 0 spiro atoms. The van der Waals surface area contributed by atoms with E-state index in [0.29, 0.717) is 44.0 Å². The third-order valence-corrected chi connectivity index (χ3v) is 6.89. The lowest BCUT2D eigenvalue weighted by Gasteiger charge is -2.41. The van der Waals surface area contributed by atoms with E-state index in [9.17, 15) is 14.4 Å². The van der Waals surface area contributed by atoms with Crippen LogP contribution in [0, 0.1) is 5.92 Å². The van der Waals surface area contributed by atoms with Gasteiger partial charge in [-0.25, -0.2) is 9.59 Å². The maximum absolute atomic E-state index is 13.2. The van der Waals surface area contributed by atoms with Crippen molar-refractivity contribution in [2.24, 2.45) is 5.92 Å². The predicted octanol–water partition coefficient (Wildman–Crippen LogP) is 2.70. The first-order valence-electron chi connectivity index (χ1n) is 12.2. The largest absolute Gasteiger partial charge is 0.463 e. The molecule has 2 fully saturated rings. The average molecular weight is 467 g/mol. The molecule has 182 valence electrons. The van der Waals surface area contributed by atoms with E-state index in [1.165, 1.54) is 0 Å². The van der Waals surface area contributed by atoms with Crippen LogP contribution >= 0.6 is 0 Å². The van der Waals surface area contributed by atoms with Crippen LogP contribution in [0.4, 0.5) is 4.79 Å². The maximum atomic E-state index is 13.2. The second kappa shape index (κ2) is 10.9. The summed E-state index contributed by atoms with van der Waals surface area (Å²) in [5.74, 6) is 0.0347. The molecule has 2 heterocycles. The quantitative estimate of drug-likeness (QED) is 0.471. The van der Waals surface area contributed by atoms with E-state index < -0.39 is 12.0 Å². The van der Waals surface area contributed by atoms with E-state index in [4.69, 9.17) is 4.74 Å². The molecule has 0 aromatic heterocycles. The molecule has 1 aliphatic carbocycles. The SMILES string of the molecule is C=CCN1C(=O)NC(c2ccccc2)C(C(=O)OCC)=C1CN1CCN(C(=O)C2CCC2)CC1. The third-order valence-electron chi connectivity index (χ3n) is 6.89. The van der Waals surface area contributed by atoms with E-state index in [1.54, 1.807) is 17.9 Å². The number of urea groups is 1. The second-order valence-corrected chi connectivity index (χ2v) is 9.00. The van der Waals surface area contributed by atoms with Gasteiger partial charge in [0.2, 0.25) is 5.91 Å². The number of nitrogens with zero attached hydrogens (tertiary/aromatic N) is 3. The second-order valence-electron chi connectivity index (χ2n) is 9.00. The van der Waals surface area contributed by atoms with Crippen molar-refractivity contribution in [3.05, 3.63) is 59.8 Å². The van der Waals surface area contributed by atoms with Crippen molar-refractivity contribution in [1.82, 2.24) is 20.0 Å². The van der Waals surface area contributed by atoms with Gasteiger partial charge in [0.25, 0.3) is 0 Å². The standard InChI is InChI=1S/C26H34N4O4/c1-3-13-30-21(18-28-14-16-29(17-15-28)24(31)20-11-8-12-20)22(25(32)34-4-2)23(27-26(30)33)19-9-6-5-7-10-19/h3,5-7,9-10,20,23H,1,4,8,11-18H2,2H3,(H,27,33). The van der Waals surface area contributed by atoms with E-state index in [2.05, 4.69) is 16.8 Å². The van der Waals surface area contributed by atoms with Crippen LogP contribution in [0.5, 0.6) is 0 Å². The molecule has 1 N–H and O–H groups in total. The summed E-state index contributed by atoms with van der Waals surface area (Å²) >= 11 is 0. The molecule has 3 aliphatic rings. The Hall–Kier alpha value is -3.13. The molecule has 0 bridgehead atoms. The number of rotatable bonds is 8. The fourth-order valence-corrected chi connectivity index (χ4v) is 4.79. The number of carbonyl (C=O) groups is 3. The van der Waals surface area contributed by atoms with E-state index >= 15 is 0 Å². The van der Waals surface area contributed by atoms with Gasteiger partial charge in [0, 0.05) is 50.9 Å². The molecule has 2 aliphatic heterocycles. The Morgan fingerprint density at radius 2 is 1.85 bits per heavy atom. The van der Waals surface area contributed by atoms with Gasteiger partial charge >= 0.3 is 12.0 Å². The molecular weight excluding hydrogens is 432 g/mol. The van der Waals surface area contributed by atoms with Gasteiger partial charge in [-0.05, 0) is 25.3 Å². The van der Waals surface area contributed by atoms with Gasteiger partial charge in [-0.1, -0.05) is 42.8 Å². The summed E-state index contributed by atoms with van der Waals surface area (Å²) in [6, 6.07) is 8.61. The lowest BCUT2D eigenvalue weighted by atomic mass is 9.84. The van der Waals surface area contributed by atoms with Gasteiger partial charge in [0.15, 0.2) is 0 Å². The Morgan fingerprint density at radius 3 is 2.44 bits per heavy atom. The third kappa shape index (κ3) is 5.01. The predicted molar refractivity (Wildman–Crippen MR) is 129 cm³/mol. The zero-order valence-corrected chi connectivity index (χ0v) is 19.9. The highest BCUT2D eigenvalue weighted by molar-refractivity contribution is 5.95. The number of hydrogen-bond donors (Lipinski definition) is 1. The summed E-state index contributed by atoms with van der Waals surface area (Å²) in [6.45, 7) is 9.22. The zero-order chi connectivity index (χ0) is 24.1. The van der Waals surface area contributed by atoms with Gasteiger partial charge < -0.3 is 15.0 Å². The van der Waals surface area contributed by atoms with Crippen molar-refractivity contribution in [2.75, 3.05) is 45.9 Å². The van der Waals surface area contributed by atoms with Crippen molar-refractivity contribution >= 4 is 17.9 Å². The van der Waals surface area contributed by atoms with Crippen LogP contribution in [0.2, 0.25) is 0 Å². The first-order valence-corrected chi connectivity index (χ1v) is 12.2. The lowest BCUT2D eigenvalue weighted by Crippen LogP contribution is -2.54. The molecule has 4 rings (SSSR count). The summed E-state index contributed by atoms with van der Waals surface area (Å²) in [5.41, 5.74) is 1.91. The number of amides is 3. The molecule has 1 aromatic rings. The van der Waals surface area contributed by atoms with E-state index in [-0.39, 0.29) is 31.0 Å². The molecule has 1 saturated carbocycles. The number of carbonyl (C=O) groups excluding carboxylic acids is 3. The zero-order valence-electron chi connectivity index (χ0n) is 19.9. The Balaban J connectivity index is 1.61. The molecule has 1 unspecified atom stereocenters. The molecule has 1 atom stereocenters. The highest BCUT2D eigenvalue weighted by Gasteiger charge is 2.39. The van der Waals surface area contributed by atoms with Gasteiger partial charge in [-0.2, -0.15) is 0 Å². The van der Waals surface area contributed by atoms with Gasteiger partial charge in [0.05, 0.1) is 18.2 Å². The van der Waals surface area contributed by atoms with Crippen LogP contribution in [0.3, 0.4) is 0 Å². The Bertz CT molecular complexity index is 949. The molecule has 8 nitrogen and oxygen atoms in total. The Morgan fingerprint density at radius 1 is 1.15 bits per heavy atom. The molecule has 3 amide bonds. The van der Waals surface area contributed by atoms with Crippen molar-refractivity contribution in [2.45, 2.75) is 32.2 Å². The van der Waals surface area contributed by atoms with Crippen LogP contribution in [-0.2, 0) is 14.3 Å². The fraction of sp³-hybridized carbons (Fsp3) is 0.500. The number of piperazine rings is 1. The molecular formula is C26H34N4O4. The van der Waals surface area contributed by atoms with Gasteiger partial charge in [-0.15, -0.1) is 6.58 Å². The summed E-state index contributed by atoms with van der Waals surface area (Å²) in [4.78, 5) is 44.7. The highest BCUT2D eigenvalue weighted by atomic mass is 16.5. The molecule has 1 saturated heterocycles. The molecule has 34 heavy (non-hydrogen) atoms. The minimum Gasteiger partial charge on any atom is -0.463 e. The smallest absolute Gasteiger partial charge is 0.338 e. The number of benzene rings is 1. The monoisotopic (exact) mass is 466 g/mol. The first kappa shape index (κ1) is 24.0. The fourth-order valence-electron chi connectivity index (χ4n) is 4.79. The number of esters is 1. The van der Waals surface area contributed by atoms with E-state index in [1.807, 2.05) is 35.2 Å². The van der Waals surface area contributed by atoms with Crippen molar-refractivity contribution < 1.29 is 19.1 Å². The van der Waals surface area contributed by atoms with E-state index in [0.717, 1.165) is 24.8 Å². The van der Waals surface area contributed by atoms with Gasteiger partial charge in [-0.3, -0.25) is 14.6 Å². The highest BCUT2D eigenvalue weighted by Crippen LogP contribution is 2.33. The molecule has 0 radical (unpaired) electrons. The number of hydrogen-bond acceptors (Lipinski definition) is 5. The van der Waals surface area contributed by atoms with Gasteiger partial charge in [0.1, 0.15) is 0 Å². The number of nitrogens with one attached hydrogen (secondary N) is 1. The first-order chi connectivity index (χ1) is 16.5. The summed E-state index contributed by atoms with van der Waals surface area (Å²) in [6.07, 6.45) is 4.80. The molecule has 1 aromatic carbocycles. The minimum absolute atomic E-state index is 0.196. The van der Waals surface area contributed by atoms with Crippen LogP contribution in [0.25, 0.3) is 0 Å². The summed E-state index contributed by atoms with van der Waals surface area (Å²) in [5, 5.41) is 2.98. The topological polar surface area (TPSA) is 82.2 Å². The van der Waals surface area contributed by atoms with Crippen LogP contribution in [-0.4, -0.2) is 78.5 Å². The lowest BCUT2D eigenvalue weighted by molar-refractivity contribution is -0.140. The van der Waals surface area contributed by atoms with Crippen LogP contribution in [0.15, 0.2) is 54.3 Å². The number of ether oxygens (including phenoxy) is 1. The summed E-state index contributed by atoms with van der Waals surface area (Å²) in [7, 11) is 0. The summed E-state index contributed by atoms with van der Waals surface area (Å²) < 4.78 is 5.44. The van der Waals surface area contributed by atoms with Crippen molar-refractivity contribution in [3.8, 4) is 0 Å². The van der Waals surface area contributed by atoms with Crippen molar-refractivity contribution in [3.63, 3.8) is 0 Å². The molecule has 8 heteroatoms. The normalized spacial score (nSPS) is 21.7. The van der Waals surface area contributed by atoms with Crippen LogP contribution < -0.4 is 5.32 Å². The van der Waals surface area contributed by atoms with Crippen LogP contribution in [0.1, 0.15) is 37.8 Å². The Kier molecular flexibility index (Phi) is 7.67. The maximum Gasteiger partial charge on any atom is 0.338 e.